The molecule has 8 nitrogen and oxygen atoms in total. The van der Waals surface area contributed by atoms with E-state index < -0.39 is 0 Å². The van der Waals surface area contributed by atoms with E-state index in [1.165, 1.54) is 12.8 Å². The van der Waals surface area contributed by atoms with Gasteiger partial charge in [-0.05, 0) is 48.9 Å². The van der Waals surface area contributed by atoms with Gasteiger partial charge in [0.05, 0.1) is 6.54 Å². The van der Waals surface area contributed by atoms with Crippen LogP contribution in [-0.2, 0) is 13.1 Å². The van der Waals surface area contributed by atoms with E-state index in [1.807, 2.05) is 16.8 Å². The lowest BCUT2D eigenvalue weighted by atomic mass is 10.2. The molecule has 1 saturated heterocycles. The lowest BCUT2D eigenvalue weighted by Crippen LogP contribution is -2.39. The van der Waals surface area contributed by atoms with Crippen molar-refractivity contribution in [3.63, 3.8) is 0 Å². The molecule has 0 aromatic carbocycles. The Morgan fingerprint density at radius 3 is 3.04 bits per heavy atom. The van der Waals surface area contributed by atoms with Gasteiger partial charge in [0.25, 0.3) is 0 Å². The van der Waals surface area contributed by atoms with Crippen molar-refractivity contribution in [1.29, 1.82) is 0 Å². The average Bonchev–Trinajstić information content (AvgIpc) is 3.23. The van der Waals surface area contributed by atoms with Gasteiger partial charge in [-0.25, -0.2) is 4.68 Å². The molecule has 2 aromatic rings. The van der Waals surface area contributed by atoms with Gasteiger partial charge in [0.2, 0.25) is 0 Å². The molecule has 1 atom stereocenters. The molecule has 0 aliphatic carbocycles. The van der Waals surface area contributed by atoms with Crippen molar-refractivity contribution in [2.75, 3.05) is 25.0 Å². The number of anilines is 1. The minimum absolute atomic E-state index is 0.465. The summed E-state index contributed by atoms with van der Waals surface area (Å²) >= 11 is 0. The van der Waals surface area contributed by atoms with E-state index in [1.54, 1.807) is 6.20 Å². The molecule has 0 saturated carbocycles. The second-order valence-corrected chi connectivity index (χ2v) is 6.44. The summed E-state index contributed by atoms with van der Waals surface area (Å²) in [4.78, 5) is 4.66. The minimum Gasteiger partial charge on any atom is -0.351 e. The molecule has 1 fully saturated rings. The average molecular weight is 330 g/mol. The fourth-order valence-corrected chi connectivity index (χ4v) is 3.26. The van der Waals surface area contributed by atoms with E-state index >= 15 is 0 Å². The summed E-state index contributed by atoms with van der Waals surface area (Å²) in [6.45, 7) is 5.85. The number of hydrogen-bond donors (Lipinski definition) is 0. The molecule has 130 valence electrons. The first-order valence-electron chi connectivity index (χ1n) is 8.76. The summed E-state index contributed by atoms with van der Waals surface area (Å²) in [5.41, 5.74) is 0. The molecular formula is C16H26N8. The first kappa shape index (κ1) is 16.8. The molecule has 8 heteroatoms. The number of aryl methyl sites for hydroxylation is 1. The Bertz CT molecular complexity index is 614. The fourth-order valence-electron chi connectivity index (χ4n) is 3.26. The van der Waals surface area contributed by atoms with Gasteiger partial charge in [0, 0.05) is 31.9 Å². The van der Waals surface area contributed by atoms with Crippen molar-refractivity contribution >= 4 is 5.82 Å². The van der Waals surface area contributed by atoms with E-state index in [9.17, 15) is 0 Å². The number of unbranched alkanes of at least 4 members (excludes halogenated alkanes) is 1. The van der Waals surface area contributed by atoms with E-state index in [0.717, 1.165) is 50.7 Å². The van der Waals surface area contributed by atoms with Gasteiger partial charge in [-0.1, -0.05) is 13.3 Å². The highest BCUT2D eigenvalue weighted by Gasteiger charge is 2.27. The van der Waals surface area contributed by atoms with Crippen LogP contribution in [0.1, 0.15) is 38.4 Å². The SMILES string of the molecule is CCCCn1nnnc1CN(C)CC1CCCN1c1cccnn1. The lowest BCUT2D eigenvalue weighted by Gasteiger charge is -2.28. The van der Waals surface area contributed by atoms with Crippen LogP contribution in [0.3, 0.4) is 0 Å². The van der Waals surface area contributed by atoms with E-state index in [-0.39, 0.29) is 0 Å². The Labute approximate surface area is 142 Å². The van der Waals surface area contributed by atoms with Gasteiger partial charge in [-0.15, -0.1) is 10.2 Å². The second-order valence-electron chi connectivity index (χ2n) is 6.44. The molecule has 1 unspecified atom stereocenters. The van der Waals surface area contributed by atoms with Gasteiger partial charge >= 0.3 is 0 Å². The van der Waals surface area contributed by atoms with Crippen LogP contribution in [-0.4, -0.2) is 61.5 Å². The van der Waals surface area contributed by atoms with Crippen LogP contribution < -0.4 is 4.90 Å². The van der Waals surface area contributed by atoms with Crippen molar-refractivity contribution in [3.05, 3.63) is 24.2 Å². The molecule has 1 aliphatic rings. The van der Waals surface area contributed by atoms with Gasteiger partial charge in [0.15, 0.2) is 11.6 Å². The number of likely N-dealkylation sites (N-methyl/N-ethyl adjacent to an activating group) is 1. The van der Waals surface area contributed by atoms with Crippen molar-refractivity contribution < 1.29 is 0 Å². The van der Waals surface area contributed by atoms with Crippen LogP contribution in [0.4, 0.5) is 5.82 Å². The zero-order valence-corrected chi connectivity index (χ0v) is 14.5. The molecular weight excluding hydrogens is 304 g/mol. The van der Waals surface area contributed by atoms with Crippen LogP contribution in [0.2, 0.25) is 0 Å². The second kappa shape index (κ2) is 8.14. The Kier molecular flexibility index (Phi) is 5.68. The Morgan fingerprint density at radius 2 is 2.25 bits per heavy atom. The summed E-state index contributed by atoms with van der Waals surface area (Å²) in [7, 11) is 2.13. The predicted molar refractivity (Wildman–Crippen MR) is 91.5 cm³/mol. The quantitative estimate of drug-likeness (QED) is 0.723. The van der Waals surface area contributed by atoms with Crippen LogP contribution in [0.15, 0.2) is 18.3 Å². The van der Waals surface area contributed by atoms with Crippen molar-refractivity contribution in [1.82, 2.24) is 35.3 Å². The Morgan fingerprint density at radius 1 is 1.33 bits per heavy atom. The maximum Gasteiger partial charge on any atom is 0.165 e. The molecule has 3 rings (SSSR count). The Balaban J connectivity index is 1.58. The van der Waals surface area contributed by atoms with Crippen LogP contribution in [0.5, 0.6) is 0 Å². The zero-order valence-electron chi connectivity index (χ0n) is 14.5. The Hall–Kier alpha value is -2.09. The molecule has 0 bridgehead atoms. The highest BCUT2D eigenvalue weighted by atomic mass is 15.5. The number of aromatic nitrogens is 6. The molecule has 0 spiro atoms. The number of tetrazole rings is 1. The largest absolute Gasteiger partial charge is 0.351 e. The van der Waals surface area contributed by atoms with Gasteiger partial charge < -0.3 is 4.90 Å². The smallest absolute Gasteiger partial charge is 0.165 e. The monoisotopic (exact) mass is 330 g/mol. The van der Waals surface area contributed by atoms with Gasteiger partial charge in [-0.2, -0.15) is 5.10 Å². The summed E-state index contributed by atoms with van der Waals surface area (Å²) in [6.07, 6.45) is 6.34. The molecule has 3 heterocycles. The topological polar surface area (TPSA) is 75.9 Å². The lowest BCUT2D eigenvalue weighted by molar-refractivity contribution is 0.288. The van der Waals surface area contributed by atoms with Crippen molar-refractivity contribution in [2.45, 2.75) is 51.7 Å². The molecule has 0 radical (unpaired) electrons. The van der Waals surface area contributed by atoms with E-state index in [4.69, 9.17) is 0 Å². The highest BCUT2D eigenvalue weighted by molar-refractivity contribution is 5.39. The maximum absolute atomic E-state index is 4.26. The molecule has 0 N–H and O–H groups in total. The van der Waals surface area contributed by atoms with Gasteiger partial charge in [0.1, 0.15) is 0 Å². The van der Waals surface area contributed by atoms with Gasteiger partial charge in [-0.3, -0.25) is 4.90 Å². The third kappa shape index (κ3) is 4.05. The summed E-state index contributed by atoms with van der Waals surface area (Å²) in [5, 5.41) is 20.4. The first-order valence-corrected chi connectivity index (χ1v) is 8.76. The van der Waals surface area contributed by atoms with Crippen molar-refractivity contribution in [3.8, 4) is 0 Å². The minimum atomic E-state index is 0.465. The van der Waals surface area contributed by atoms with Crippen LogP contribution >= 0.6 is 0 Å². The molecule has 1 aliphatic heterocycles. The van der Waals surface area contributed by atoms with Crippen molar-refractivity contribution in [2.24, 2.45) is 0 Å². The summed E-state index contributed by atoms with van der Waals surface area (Å²) in [5.74, 6) is 1.91. The predicted octanol–water partition coefficient (Wildman–Crippen LogP) is 1.36. The molecule has 0 amide bonds. The normalized spacial score (nSPS) is 17.8. The maximum atomic E-state index is 4.26. The van der Waals surface area contributed by atoms with Crippen LogP contribution in [0, 0.1) is 0 Å². The summed E-state index contributed by atoms with van der Waals surface area (Å²) in [6, 6.07) is 4.45. The summed E-state index contributed by atoms with van der Waals surface area (Å²) < 4.78 is 1.93. The fraction of sp³-hybridized carbons (Fsp3) is 0.688. The molecule has 24 heavy (non-hydrogen) atoms. The highest BCUT2D eigenvalue weighted by Crippen LogP contribution is 2.23. The third-order valence-corrected chi connectivity index (χ3v) is 4.49. The molecule has 2 aromatic heterocycles. The first-order chi connectivity index (χ1) is 11.8. The third-order valence-electron chi connectivity index (χ3n) is 4.49. The van der Waals surface area contributed by atoms with E-state index in [2.05, 4.69) is 49.5 Å². The number of hydrogen-bond acceptors (Lipinski definition) is 7. The van der Waals surface area contributed by atoms with E-state index in [0.29, 0.717) is 6.04 Å². The number of nitrogens with zero attached hydrogens (tertiary/aromatic N) is 8. The zero-order chi connectivity index (χ0) is 16.8. The van der Waals surface area contributed by atoms with Crippen LogP contribution in [0.25, 0.3) is 0 Å². The standard InChI is InChI=1S/C16H26N8/c1-3-4-11-24-16(19-20-21-24)13-22(2)12-14-7-6-10-23(14)15-8-5-9-17-18-15/h5,8-9,14H,3-4,6-7,10-13H2,1-2H3. The number of rotatable bonds is 8.